The van der Waals surface area contributed by atoms with Crippen molar-refractivity contribution in [3.63, 3.8) is 0 Å². The first-order valence-electron chi connectivity index (χ1n) is 4.91. The zero-order valence-electron chi connectivity index (χ0n) is 8.70. The molecule has 17 heavy (non-hydrogen) atoms. The van der Waals surface area contributed by atoms with Gasteiger partial charge in [0.1, 0.15) is 11.6 Å². The maximum atomic E-state index is 13.8. The summed E-state index contributed by atoms with van der Waals surface area (Å²) >= 11 is 3.06. The standard InChI is InChI=1S/C12H9BrF2N2/c13-8-4-1-3-7(10(8)15)11(16)12-9(14)5-2-6-17-12/h1-6,11H,16H2. The number of pyridine rings is 1. The van der Waals surface area contributed by atoms with Crippen molar-refractivity contribution in [2.45, 2.75) is 6.04 Å². The lowest BCUT2D eigenvalue weighted by Gasteiger charge is -2.13. The monoisotopic (exact) mass is 298 g/mol. The molecular weight excluding hydrogens is 290 g/mol. The number of benzene rings is 1. The summed E-state index contributed by atoms with van der Waals surface area (Å²) in [6, 6.07) is 6.50. The fraction of sp³-hybridized carbons (Fsp3) is 0.0833. The molecule has 0 amide bonds. The van der Waals surface area contributed by atoms with Crippen LogP contribution in [0.5, 0.6) is 0 Å². The smallest absolute Gasteiger partial charge is 0.146 e. The minimum absolute atomic E-state index is 0.0319. The average Bonchev–Trinajstić information content (AvgIpc) is 2.32. The summed E-state index contributed by atoms with van der Waals surface area (Å²) in [6.45, 7) is 0. The minimum atomic E-state index is -0.923. The van der Waals surface area contributed by atoms with Crippen LogP contribution in [0.2, 0.25) is 0 Å². The highest BCUT2D eigenvalue weighted by atomic mass is 79.9. The lowest BCUT2D eigenvalue weighted by Crippen LogP contribution is -2.17. The molecule has 0 aliphatic rings. The van der Waals surface area contributed by atoms with Crippen molar-refractivity contribution in [1.82, 2.24) is 4.98 Å². The first-order chi connectivity index (χ1) is 8.11. The molecule has 1 atom stereocenters. The fourth-order valence-electron chi connectivity index (χ4n) is 1.53. The number of hydrogen-bond donors (Lipinski definition) is 1. The van der Waals surface area contributed by atoms with Crippen LogP contribution in [0.4, 0.5) is 8.78 Å². The molecule has 2 aromatic rings. The molecule has 0 radical (unpaired) electrons. The third-order valence-electron chi connectivity index (χ3n) is 2.40. The van der Waals surface area contributed by atoms with Gasteiger partial charge in [0.2, 0.25) is 0 Å². The number of halogens is 3. The van der Waals surface area contributed by atoms with Gasteiger partial charge in [-0.1, -0.05) is 12.1 Å². The van der Waals surface area contributed by atoms with Crippen LogP contribution in [0.25, 0.3) is 0 Å². The molecule has 2 rings (SSSR count). The molecule has 1 heterocycles. The van der Waals surface area contributed by atoms with Gasteiger partial charge in [-0.15, -0.1) is 0 Å². The van der Waals surface area contributed by atoms with Crippen LogP contribution < -0.4 is 5.73 Å². The largest absolute Gasteiger partial charge is 0.319 e. The van der Waals surface area contributed by atoms with E-state index in [1.807, 2.05) is 0 Å². The molecule has 2 N–H and O–H groups in total. The summed E-state index contributed by atoms with van der Waals surface area (Å²) in [7, 11) is 0. The van der Waals surface area contributed by atoms with Gasteiger partial charge in [0.25, 0.3) is 0 Å². The van der Waals surface area contributed by atoms with Crippen molar-refractivity contribution in [1.29, 1.82) is 0 Å². The van der Waals surface area contributed by atoms with Crippen LogP contribution in [-0.4, -0.2) is 4.98 Å². The van der Waals surface area contributed by atoms with E-state index in [0.29, 0.717) is 4.47 Å². The third kappa shape index (κ3) is 2.35. The van der Waals surface area contributed by atoms with E-state index in [0.717, 1.165) is 0 Å². The highest BCUT2D eigenvalue weighted by Crippen LogP contribution is 2.26. The number of nitrogens with zero attached hydrogens (tertiary/aromatic N) is 1. The summed E-state index contributed by atoms with van der Waals surface area (Å²) in [6.07, 6.45) is 1.42. The van der Waals surface area contributed by atoms with Gasteiger partial charge in [-0.05, 0) is 34.1 Å². The van der Waals surface area contributed by atoms with Gasteiger partial charge < -0.3 is 5.73 Å². The molecule has 88 valence electrons. The van der Waals surface area contributed by atoms with Crippen LogP contribution in [-0.2, 0) is 0 Å². The molecule has 0 spiro atoms. The molecule has 0 aliphatic carbocycles. The summed E-state index contributed by atoms with van der Waals surface area (Å²) in [4.78, 5) is 3.84. The van der Waals surface area contributed by atoms with Gasteiger partial charge in [-0.25, -0.2) is 8.78 Å². The van der Waals surface area contributed by atoms with Gasteiger partial charge >= 0.3 is 0 Å². The zero-order chi connectivity index (χ0) is 12.4. The summed E-state index contributed by atoms with van der Waals surface area (Å²) in [5.41, 5.74) is 6.06. The van der Waals surface area contributed by atoms with Crippen molar-refractivity contribution < 1.29 is 8.78 Å². The SMILES string of the molecule is NC(c1cccc(Br)c1F)c1ncccc1F. The maximum Gasteiger partial charge on any atom is 0.146 e. The van der Waals surface area contributed by atoms with Crippen molar-refractivity contribution in [3.05, 3.63) is 63.9 Å². The summed E-state index contributed by atoms with van der Waals surface area (Å²) < 4.78 is 27.6. The lowest BCUT2D eigenvalue weighted by molar-refractivity contribution is 0.562. The Morgan fingerprint density at radius 3 is 2.65 bits per heavy atom. The first kappa shape index (κ1) is 12.1. The van der Waals surface area contributed by atoms with Crippen LogP contribution >= 0.6 is 15.9 Å². The second-order valence-corrected chi connectivity index (χ2v) is 4.35. The average molecular weight is 299 g/mol. The topological polar surface area (TPSA) is 38.9 Å². The Morgan fingerprint density at radius 2 is 1.94 bits per heavy atom. The predicted molar refractivity (Wildman–Crippen MR) is 64.3 cm³/mol. The molecule has 1 unspecified atom stereocenters. The molecule has 0 saturated carbocycles. The van der Waals surface area contributed by atoms with E-state index < -0.39 is 17.7 Å². The van der Waals surface area contributed by atoms with Crippen molar-refractivity contribution in [3.8, 4) is 0 Å². The molecule has 1 aromatic carbocycles. The van der Waals surface area contributed by atoms with Gasteiger partial charge in [0, 0.05) is 11.8 Å². The van der Waals surface area contributed by atoms with E-state index in [-0.39, 0.29) is 11.3 Å². The number of hydrogen-bond acceptors (Lipinski definition) is 2. The van der Waals surface area contributed by atoms with Crippen LogP contribution in [0.1, 0.15) is 17.3 Å². The summed E-state index contributed by atoms with van der Waals surface area (Å²) in [5.74, 6) is -1.04. The Morgan fingerprint density at radius 1 is 1.18 bits per heavy atom. The molecule has 0 fully saturated rings. The Balaban J connectivity index is 2.48. The molecule has 5 heteroatoms. The van der Waals surface area contributed by atoms with E-state index in [9.17, 15) is 8.78 Å². The molecular formula is C12H9BrF2N2. The molecule has 2 nitrogen and oxygen atoms in total. The third-order valence-corrected chi connectivity index (χ3v) is 3.01. The zero-order valence-corrected chi connectivity index (χ0v) is 10.3. The Bertz CT molecular complexity index is 546. The maximum absolute atomic E-state index is 13.8. The second kappa shape index (κ2) is 4.89. The highest BCUT2D eigenvalue weighted by molar-refractivity contribution is 9.10. The minimum Gasteiger partial charge on any atom is -0.319 e. The molecule has 1 aromatic heterocycles. The van der Waals surface area contributed by atoms with Gasteiger partial charge in [-0.2, -0.15) is 0 Å². The number of aromatic nitrogens is 1. The van der Waals surface area contributed by atoms with Gasteiger partial charge in [-0.3, -0.25) is 4.98 Å². The predicted octanol–water partition coefficient (Wildman–Crippen LogP) is 3.17. The van der Waals surface area contributed by atoms with Crippen molar-refractivity contribution in [2.75, 3.05) is 0 Å². The van der Waals surface area contributed by atoms with E-state index in [1.54, 1.807) is 12.1 Å². The fourth-order valence-corrected chi connectivity index (χ4v) is 1.92. The van der Waals surface area contributed by atoms with Crippen molar-refractivity contribution >= 4 is 15.9 Å². The quantitative estimate of drug-likeness (QED) is 0.925. The normalized spacial score (nSPS) is 12.5. The Labute approximate surface area is 106 Å². The van der Waals surface area contributed by atoms with Gasteiger partial charge in [0.05, 0.1) is 16.2 Å². The van der Waals surface area contributed by atoms with E-state index in [4.69, 9.17) is 5.73 Å². The molecule has 0 saturated heterocycles. The highest BCUT2D eigenvalue weighted by Gasteiger charge is 2.19. The van der Waals surface area contributed by atoms with Crippen LogP contribution in [0.3, 0.4) is 0 Å². The second-order valence-electron chi connectivity index (χ2n) is 3.49. The van der Waals surface area contributed by atoms with E-state index in [1.165, 1.54) is 24.4 Å². The first-order valence-corrected chi connectivity index (χ1v) is 5.70. The van der Waals surface area contributed by atoms with Crippen LogP contribution in [0, 0.1) is 11.6 Å². The van der Waals surface area contributed by atoms with Crippen LogP contribution in [0.15, 0.2) is 41.0 Å². The summed E-state index contributed by atoms with van der Waals surface area (Å²) in [5, 5.41) is 0. The Hall–Kier alpha value is -1.33. The number of rotatable bonds is 2. The molecule has 0 aliphatic heterocycles. The Kier molecular flexibility index (Phi) is 3.49. The lowest BCUT2D eigenvalue weighted by atomic mass is 10.0. The van der Waals surface area contributed by atoms with E-state index in [2.05, 4.69) is 20.9 Å². The molecule has 0 bridgehead atoms. The van der Waals surface area contributed by atoms with Gasteiger partial charge in [0.15, 0.2) is 0 Å². The number of nitrogens with two attached hydrogens (primary N) is 1. The van der Waals surface area contributed by atoms with E-state index >= 15 is 0 Å². The van der Waals surface area contributed by atoms with Crippen molar-refractivity contribution in [2.24, 2.45) is 5.73 Å².